The van der Waals surface area contributed by atoms with Crippen LogP contribution in [0.25, 0.3) is 0 Å². The molecule has 112 valence electrons. The summed E-state index contributed by atoms with van der Waals surface area (Å²) in [5.41, 5.74) is 0. The first-order valence-electron chi connectivity index (χ1n) is 6.98. The first kappa shape index (κ1) is 14.6. The van der Waals surface area contributed by atoms with Crippen molar-refractivity contribution in [1.29, 1.82) is 0 Å². The molecule has 0 bridgehead atoms. The topological polar surface area (TPSA) is 90.0 Å². The summed E-state index contributed by atoms with van der Waals surface area (Å²) in [5, 5.41) is 11.7. The molecule has 7 heteroatoms. The average Bonchev–Trinajstić information content (AvgIpc) is 3.04. The zero-order chi connectivity index (χ0) is 14.7. The van der Waals surface area contributed by atoms with E-state index in [4.69, 9.17) is 5.11 Å². The van der Waals surface area contributed by atoms with Crippen molar-refractivity contribution in [3.63, 3.8) is 0 Å². The van der Waals surface area contributed by atoms with Crippen LogP contribution in [0.4, 0.5) is 4.79 Å². The van der Waals surface area contributed by atoms with Crippen LogP contribution in [0.3, 0.4) is 0 Å². The molecule has 20 heavy (non-hydrogen) atoms. The van der Waals surface area contributed by atoms with Crippen molar-refractivity contribution in [2.45, 2.75) is 32.2 Å². The van der Waals surface area contributed by atoms with Gasteiger partial charge < -0.3 is 20.2 Å². The summed E-state index contributed by atoms with van der Waals surface area (Å²) in [6.45, 7) is 2.74. The zero-order valence-electron chi connectivity index (χ0n) is 11.7. The lowest BCUT2D eigenvalue weighted by Gasteiger charge is -2.27. The summed E-state index contributed by atoms with van der Waals surface area (Å²) < 4.78 is 0. The number of carbonyl (C=O) groups excluding carboxylic acids is 2. The highest BCUT2D eigenvalue weighted by Gasteiger charge is 2.33. The fourth-order valence-corrected chi connectivity index (χ4v) is 2.52. The van der Waals surface area contributed by atoms with Crippen LogP contribution < -0.4 is 5.32 Å². The lowest BCUT2D eigenvalue weighted by molar-refractivity contribution is -0.137. The van der Waals surface area contributed by atoms with E-state index in [1.54, 1.807) is 4.90 Å². The molecule has 0 aromatic rings. The van der Waals surface area contributed by atoms with Gasteiger partial charge in [-0.15, -0.1) is 0 Å². The third-order valence-electron chi connectivity index (χ3n) is 3.64. The molecule has 1 saturated carbocycles. The molecule has 3 amide bonds. The summed E-state index contributed by atoms with van der Waals surface area (Å²) >= 11 is 0. The molecule has 0 aromatic carbocycles. The fourth-order valence-electron chi connectivity index (χ4n) is 2.52. The van der Waals surface area contributed by atoms with Gasteiger partial charge >= 0.3 is 12.0 Å². The van der Waals surface area contributed by atoms with E-state index in [0.717, 1.165) is 19.3 Å². The number of amides is 3. The molecule has 2 rings (SSSR count). The van der Waals surface area contributed by atoms with E-state index in [9.17, 15) is 14.4 Å². The highest BCUT2D eigenvalue weighted by Crippen LogP contribution is 2.30. The number of carboxylic acids is 1. The molecule has 1 atom stereocenters. The number of urea groups is 1. The lowest BCUT2D eigenvalue weighted by Crippen LogP contribution is -2.46. The Morgan fingerprint density at radius 1 is 1.30 bits per heavy atom. The van der Waals surface area contributed by atoms with Gasteiger partial charge in [0.05, 0.1) is 0 Å². The van der Waals surface area contributed by atoms with Gasteiger partial charge in [-0.1, -0.05) is 0 Å². The smallest absolute Gasteiger partial charge is 0.323 e. The highest BCUT2D eigenvalue weighted by atomic mass is 16.4. The summed E-state index contributed by atoms with van der Waals surface area (Å²) in [4.78, 5) is 37.3. The van der Waals surface area contributed by atoms with Gasteiger partial charge in [0, 0.05) is 32.6 Å². The van der Waals surface area contributed by atoms with Crippen LogP contribution in [0.15, 0.2) is 0 Å². The molecule has 2 N–H and O–H groups in total. The average molecular weight is 283 g/mol. The number of aliphatic carboxylic acids is 1. The largest absolute Gasteiger partial charge is 0.480 e. The molecule has 2 aliphatic rings. The minimum atomic E-state index is -0.989. The fraction of sp³-hybridized carbons (Fsp3) is 0.769. The van der Waals surface area contributed by atoms with Crippen molar-refractivity contribution >= 4 is 17.9 Å². The summed E-state index contributed by atoms with van der Waals surface area (Å²) in [5.74, 6) is -0.645. The van der Waals surface area contributed by atoms with E-state index in [-0.39, 0.29) is 24.5 Å². The molecule has 0 spiro atoms. The van der Waals surface area contributed by atoms with Crippen molar-refractivity contribution in [3.05, 3.63) is 0 Å². The van der Waals surface area contributed by atoms with Gasteiger partial charge in [0.15, 0.2) is 0 Å². The van der Waals surface area contributed by atoms with Gasteiger partial charge in [0.25, 0.3) is 0 Å². The Morgan fingerprint density at radius 3 is 2.55 bits per heavy atom. The van der Waals surface area contributed by atoms with Crippen LogP contribution in [0.2, 0.25) is 0 Å². The van der Waals surface area contributed by atoms with Crippen LogP contribution in [-0.2, 0) is 9.59 Å². The molecule has 1 aliphatic carbocycles. The first-order valence-corrected chi connectivity index (χ1v) is 6.98. The van der Waals surface area contributed by atoms with Gasteiger partial charge in [-0.2, -0.15) is 0 Å². The second-order valence-corrected chi connectivity index (χ2v) is 5.63. The Bertz CT molecular complexity index is 408. The minimum absolute atomic E-state index is 0.0240. The summed E-state index contributed by atoms with van der Waals surface area (Å²) in [6, 6.07) is -0.254. The number of likely N-dealkylation sites (tertiary alicyclic amines) is 1. The second kappa shape index (κ2) is 6.11. The van der Waals surface area contributed by atoms with Crippen LogP contribution >= 0.6 is 0 Å². The van der Waals surface area contributed by atoms with Crippen molar-refractivity contribution in [2.24, 2.45) is 5.92 Å². The third kappa shape index (κ3) is 4.11. The standard InChI is InChI=1S/C13H21N3O4/c1-9(17)14-11-4-5-15(7-11)13(20)16(8-12(18)19)6-10-2-3-10/h10-11H,2-8H2,1H3,(H,14,17)(H,18,19). The van der Waals surface area contributed by atoms with E-state index in [2.05, 4.69) is 5.32 Å². The van der Waals surface area contributed by atoms with Crippen LogP contribution in [0.5, 0.6) is 0 Å². The van der Waals surface area contributed by atoms with E-state index < -0.39 is 5.97 Å². The number of hydrogen-bond donors (Lipinski definition) is 2. The Hall–Kier alpha value is -1.79. The van der Waals surface area contributed by atoms with E-state index in [1.165, 1.54) is 11.8 Å². The first-order chi connectivity index (χ1) is 9.45. The van der Waals surface area contributed by atoms with E-state index >= 15 is 0 Å². The van der Waals surface area contributed by atoms with E-state index in [1.807, 2.05) is 0 Å². The number of nitrogens with one attached hydrogen (secondary N) is 1. The van der Waals surface area contributed by atoms with Gasteiger partial charge in [0.2, 0.25) is 5.91 Å². The third-order valence-corrected chi connectivity index (χ3v) is 3.64. The minimum Gasteiger partial charge on any atom is -0.480 e. The maximum Gasteiger partial charge on any atom is 0.323 e. The molecule has 0 radical (unpaired) electrons. The molecule has 1 aliphatic heterocycles. The normalized spacial score (nSPS) is 21.6. The van der Waals surface area contributed by atoms with Gasteiger partial charge in [-0.25, -0.2) is 4.79 Å². The molecular formula is C13H21N3O4. The molecule has 1 unspecified atom stereocenters. The number of carbonyl (C=O) groups is 3. The van der Waals surface area contributed by atoms with Crippen molar-refractivity contribution in [2.75, 3.05) is 26.2 Å². The van der Waals surface area contributed by atoms with Gasteiger partial charge in [-0.05, 0) is 25.2 Å². The second-order valence-electron chi connectivity index (χ2n) is 5.63. The zero-order valence-corrected chi connectivity index (χ0v) is 11.7. The Labute approximate surface area is 117 Å². The molecule has 1 saturated heterocycles. The Kier molecular flexibility index (Phi) is 4.46. The SMILES string of the molecule is CC(=O)NC1CCN(C(=O)N(CC(=O)O)CC2CC2)C1. The van der Waals surface area contributed by atoms with Gasteiger partial charge in [-0.3, -0.25) is 9.59 Å². The lowest BCUT2D eigenvalue weighted by atomic mass is 10.3. The van der Waals surface area contributed by atoms with Crippen molar-refractivity contribution in [1.82, 2.24) is 15.1 Å². The number of hydrogen-bond acceptors (Lipinski definition) is 3. The summed E-state index contributed by atoms with van der Waals surface area (Å²) in [7, 11) is 0. The van der Waals surface area contributed by atoms with Gasteiger partial charge in [0.1, 0.15) is 6.54 Å². The van der Waals surface area contributed by atoms with Crippen LogP contribution in [-0.4, -0.2) is 65.0 Å². The predicted molar refractivity (Wildman–Crippen MR) is 71.1 cm³/mol. The number of rotatable bonds is 5. The Balaban J connectivity index is 1.89. The molecular weight excluding hydrogens is 262 g/mol. The van der Waals surface area contributed by atoms with Crippen LogP contribution in [0.1, 0.15) is 26.2 Å². The molecule has 0 aromatic heterocycles. The maximum absolute atomic E-state index is 12.4. The predicted octanol–water partition coefficient (Wildman–Crippen LogP) is 0.113. The quantitative estimate of drug-likeness (QED) is 0.749. The molecule has 2 fully saturated rings. The highest BCUT2D eigenvalue weighted by molar-refractivity contribution is 5.80. The van der Waals surface area contributed by atoms with E-state index in [0.29, 0.717) is 25.6 Å². The maximum atomic E-state index is 12.4. The molecule has 7 nitrogen and oxygen atoms in total. The number of nitrogens with zero attached hydrogens (tertiary/aromatic N) is 2. The van der Waals surface area contributed by atoms with Crippen molar-refractivity contribution in [3.8, 4) is 0 Å². The monoisotopic (exact) mass is 283 g/mol. The molecule has 1 heterocycles. The Morgan fingerprint density at radius 2 is 2.00 bits per heavy atom. The summed E-state index contributed by atoms with van der Waals surface area (Å²) in [6.07, 6.45) is 2.85. The van der Waals surface area contributed by atoms with Crippen LogP contribution in [0, 0.1) is 5.92 Å². The van der Waals surface area contributed by atoms with Crippen molar-refractivity contribution < 1.29 is 19.5 Å². The number of carboxylic acid groups (broad SMARTS) is 1.